The maximum Gasteiger partial charge on any atom is 0.0537 e. The average molecular weight is 332 g/mol. The molecule has 0 heteroatoms. The molecule has 0 amide bonds. The third kappa shape index (κ3) is 1.52. The fraction of sp³-hybridized carbons (Fsp3) is 0.154. The molecule has 0 aromatic heterocycles. The molecule has 0 N–H and O–H groups in total. The van der Waals surface area contributed by atoms with Crippen molar-refractivity contribution >= 4 is 0 Å². The summed E-state index contributed by atoms with van der Waals surface area (Å²) in [5, 5.41) is 0. The summed E-state index contributed by atoms with van der Waals surface area (Å²) < 4.78 is 0. The Kier molecular flexibility index (Phi) is 2.68. The van der Waals surface area contributed by atoms with E-state index >= 15 is 0 Å². The summed E-state index contributed by atoms with van der Waals surface area (Å²) >= 11 is 0. The van der Waals surface area contributed by atoms with Crippen LogP contribution in [0.3, 0.4) is 0 Å². The zero-order chi connectivity index (χ0) is 17.3. The van der Waals surface area contributed by atoms with Crippen LogP contribution in [0, 0.1) is 12.8 Å². The first-order chi connectivity index (χ1) is 12.8. The van der Waals surface area contributed by atoms with E-state index in [9.17, 15) is 0 Å². The highest BCUT2D eigenvalue weighted by molar-refractivity contribution is 5.86. The van der Waals surface area contributed by atoms with Gasteiger partial charge in [0, 0.05) is 11.8 Å². The van der Waals surface area contributed by atoms with Crippen molar-refractivity contribution in [3.8, 4) is 11.1 Å². The Balaban J connectivity index is 1.81. The lowest BCUT2D eigenvalue weighted by molar-refractivity contribution is 0.465. The predicted molar refractivity (Wildman–Crippen MR) is 107 cm³/mol. The largest absolute Gasteiger partial charge is 0.0789 e. The number of rotatable bonds is 0. The quantitative estimate of drug-likeness (QED) is 0.463. The van der Waals surface area contributed by atoms with Crippen LogP contribution in [-0.2, 0) is 5.41 Å². The molecular formula is C26H20. The van der Waals surface area contributed by atoms with E-state index in [-0.39, 0.29) is 5.41 Å². The van der Waals surface area contributed by atoms with Gasteiger partial charge < -0.3 is 0 Å². The van der Waals surface area contributed by atoms with E-state index in [2.05, 4.69) is 98.0 Å². The lowest BCUT2D eigenvalue weighted by Crippen LogP contribution is -2.33. The van der Waals surface area contributed by atoms with Gasteiger partial charge in [-0.1, -0.05) is 96.6 Å². The number of allylic oxidation sites excluding steroid dienone is 4. The van der Waals surface area contributed by atoms with E-state index in [1.807, 2.05) is 0 Å². The zero-order valence-electron chi connectivity index (χ0n) is 14.8. The second-order valence-corrected chi connectivity index (χ2v) is 7.81. The van der Waals surface area contributed by atoms with Crippen molar-refractivity contribution in [2.24, 2.45) is 5.92 Å². The Bertz CT molecular complexity index is 1110. The Labute approximate surface area is 154 Å². The van der Waals surface area contributed by atoms with Crippen LogP contribution < -0.4 is 0 Å². The van der Waals surface area contributed by atoms with Gasteiger partial charge in [-0.2, -0.15) is 0 Å². The van der Waals surface area contributed by atoms with Gasteiger partial charge in [0.05, 0.1) is 5.41 Å². The molecule has 26 heavy (non-hydrogen) atoms. The maximum absolute atomic E-state index is 2.44. The summed E-state index contributed by atoms with van der Waals surface area (Å²) in [6.07, 6.45) is 9.30. The number of fused-ring (bicyclic) bond motifs is 10. The van der Waals surface area contributed by atoms with Crippen LogP contribution in [0.5, 0.6) is 0 Å². The molecule has 0 saturated heterocycles. The van der Waals surface area contributed by atoms with Crippen molar-refractivity contribution in [2.45, 2.75) is 18.3 Å². The van der Waals surface area contributed by atoms with Gasteiger partial charge in [-0.15, -0.1) is 0 Å². The summed E-state index contributed by atoms with van der Waals surface area (Å²) in [5.74, 6) is 0.893. The molecule has 3 aromatic carbocycles. The molecule has 0 radical (unpaired) electrons. The molecule has 0 nitrogen and oxygen atoms in total. The molecule has 0 saturated carbocycles. The second kappa shape index (κ2) is 4.86. The predicted octanol–water partition coefficient (Wildman–Crippen LogP) is 6.15. The zero-order valence-corrected chi connectivity index (χ0v) is 14.8. The summed E-state index contributed by atoms with van der Waals surface area (Å²) in [5.41, 5.74) is 10.0. The van der Waals surface area contributed by atoms with Crippen molar-refractivity contribution in [1.29, 1.82) is 0 Å². The third-order valence-corrected chi connectivity index (χ3v) is 6.62. The van der Waals surface area contributed by atoms with E-state index in [4.69, 9.17) is 0 Å². The fourth-order valence-corrected chi connectivity index (χ4v) is 5.72. The van der Waals surface area contributed by atoms with Gasteiger partial charge in [0.15, 0.2) is 0 Å². The van der Waals surface area contributed by atoms with E-state index < -0.39 is 0 Å². The van der Waals surface area contributed by atoms with Crippen LogP contribution in [0.2, 0.25) is 0 Å². The molecule has 3 atom stereocenters. The van der Waals surface area contributed by atoms with E-state index in [0.717, 1.165) is 0 Å². The van der Waals surface area contributed by atoms with E-state index in [1.54, 1.807) is 0 Å². The van der Waals surface area contributed by atoms with Gasteiger partial charge in [0.1, 0.15) is 0 Å². The summed E-state index contributed by atoms with van der Waals surface area (Å²) in [6, 6.07) is 25.2. The highest BCUT2D eigenvalue weighted by Crippen LogP contribution is 2.65. The number of hydrogen-bond acceptors (Lipinski definition) is 0. The van der Waals surface area contributed by atoms with Crippen LogP contribution >= 0.6 is 0 Å². The van der Waals surface area contributed by atoms with Crippen molar-refractivity contribution in [1.82, 2.24) is 0 Å². The Morgan fingerprint density at radius 3 is 2.35 bits per heavy atom. The first kappa shape index (κ1) is 14.3. The number of hydrogen-bond donors (Lipinski definition) is 0. The molecule has 3 aliphatic rings. The molecule has 0 bridgehead atoms. The third-order valence-electron chi connectivity index (χ3n) is 6.62. The molecule has 0 fully saturated rings. The maximum atomic E-state index is 2.44. The van der Waals surface area contributed by atoms with Crippen molar-refractivity contribution in [3.63, 3.8) is 0 Å². The molecule has 1 spiro atoms. The lowest BCUT2D eigenvalue weighted by Gasteiger charge is -2.36. The summed E-state index contributed by atoms with van der Waals surface area (Å²) in [6.45, 7) is 2.21. The molecule has 0 heterocycles. The van der Waals surface area contributed by atoms with Crippen LogP contribution in [0.1, 0.15) is 33.7 Å². The Hall–Kier alpha value is -2.86. The van der Waals surface area contributed by atoms with Crippen molar-refractivity contribution < 1.29 is 0 Å². The minimum Gasteiger partial charge on any atom is -0.0789 e. The van der Waals surface area contributed by atoms with Gasteiger partial charge in [-0.3, -0.25) is 0 Å². The van der Waals surface area contributed by atoms with Crippen LogP contribution in [0.15, 0.2) is 91.0 Å². The summed E-state index contributed by atoms with van der Waals surface area (Å²) in [4.78, 5) is 0. The fourth-order valence-electron chi connectivity index (χ4n) is 5.72. The Morgan fingerprint density at radius 2 is 1.42 bits per heavy atom. The monoisotopic (exact) mass is 332 g/mol. The number of aryl methyl sites for hydroxylation is 1. The van der Waals surface area contributed by atoms with Crippen LogP contribution in [-0.4, -0.2) is 0 Å². The molecule has 3 unspecified atom stereocenters. The highest BCUT2D eigenvalue weighted by atomic mass is 14.6. The smallest absolute Gasteiger partial charge is 0.0537 e. The van der Waals surface area contributed by atoms with Crippen LogP contribution in [0.4, 0.5) is 0 Å². The SMILES string of the molecule is Cc1ccc2c(c1)C1(c3ccccc3-2)c2ccccc2C2C=CC=CC21. The van der Waals surface area contributed by atoms with Gasteiger partial charge in [0.25, 0.3) is 0 Å². The van der Waals surface area contributed by atoms with Crippen molar-refractivity contribution in [3.05, 3.63) is 119 Å². The topological polar surface area (TPSA) is 0 Å². The van der Waals surface area contributed by atoms with Crippen LogP contribution in [0.25, 0.3) is 11.1 Å². The molecule has 3 aromatic rings. The molecular weight excluding hydrogens is 312 g/mol. The van der Waals surface area contributed by atoms with Gasteiger partial charge in [0.2, 0.25) is 0 Å². The van der Waals surface area contributed by atoms with Gasteiger partial charge in [-0.05, 0) is 40.3 Å². The molecule has 124 valence electrons. The normalized spacial score (nSPS) is 26.5. The van der Waals surface area contributed by atoms with E-state index in [1.165, 1.54) is 38.9 Å². The first-order valence-electron chi connectivity index (χ1n) is 9.47. The highest BCUT2D eigenvalue weighted by Gasteiger charge is 2.56. The minimum absolute atomic E-state index is 0.0690. The second-order valence-electron chi connectivity index (χ2n) is 7.81. The minimum atomic E-state index is -0.0690. The van der Waals surface area contributed by atoms with Crippen molar-refractivity contribution in [2.75, 3.05) is 0 Å². The summed E-state index contributed by atoms with van der Waals surface area (Å²) in [7, 11) is 0. The average Bonchev–Trinajstić information content (AvgIpc) is 3.15. The standard InChI is InChI=1S/C26H20/c1-17-14-15-21-20-10-4-7-13-24(20)26(25(21)16-17)22-11-5-2-8-18(22)19-9-3-6-12-23(19)26/h2-16,18,22H,1H3. The van der Waals surface area contributed by atoms with Gasteiger partial charge >= 0.3 is 0 Å². The first-order valence-corrected chi connectivity index (χ1v) is 9.47. The van der Waals surface area contributed by atoms with Gasteiger partial charge in [-0.25, -0.2) is 0 Å². The molecule has 3 aliphatic carbocycles. The molecule has 6 rings (SSSR count). The number of benzene rings is 3. The molecule has 0 aliphatic heterocycles. The Morgan fingerprint density at radius 1 is 0.692 bits per heavy atom. The van der Waals surface area contributed by atoms with E-state index in [0.29, 0.717) is 11.8 Å². The lowest BCUT2D eigenvalue weighted by atomic mass is 9.65.